The van der Waals surface area contributed by atoms with Gasteiger partial charge in [0, 0.05) is 24.2 Å². The van der Waals surface area contributed by atoms with Crippen LogP contribution >= 0.6 is 0 Å². The third-order valence-electron chi connectivity index (χ3n) is 3.17. The molecule has 0 aliphatic heterocycles. The Morgan fingerprint density at radius 3 is 2.50 bits per heavy atom. The first-order chi connectivity index (χ1) is 9.29. The van der Waals surface area contributed by atoms with Crippen LogP contribution in [0.1, 0.15) is 29.8 Å². The summed E-state index contributed by atoms with van der Waals surface area (Å²) in [6, 6.07) is 3.17. The first-order valence-electron chi connectivity index (χ1n) is 6.06. The van der Waals surface area contributed by atoms with Crippen LogP contribution in [0.2, 0.25) is 0 Å². The zero-order valence-electron chi connectivity index (χ0n) is 11.5. The van der Waals surface area contributed by atoms with Gasteiger partial charge >= 0.3 is 5.97 Å². The number of hydrogen-bond acceptors (Lipinski definition) is 4. The standard InChI is InChI=1S/C13H16N2O5/c1-4-9-5-6-10(7-11(9)15(19)20)12(16)14(3)8(2)13(17)18/h5-8H,4H2,1-3H3,(H,17,18). The monoisotopic (exact) mass is 280 g/mol. The Labute approximate surface area is 116 Å². The third kappa shape index (κ3) is 3.11. The summed E-state index contributed by atoms with van der Waals surface area (Å²) >= 11 is 0. The van der Waals surface area contributed by atoms with Gasteiger partial charge in [-0.1, -0.05) is 13.0 Å². The number of aliphatic carboxylic acids is 1. The van der Waals surface area contributed by atoms with E-state index < -0.39 is 22.8 Å². The lowest BCUT2D eigenvalue weighted by Crippen LogP contribution is -2.40. The summed E-state index contributed by atoms with van der Waals surface area (Å²) < 4.78 is 0. The minimum Gasteiger partial charge on any atom is -0.480 e. The topological polar surface area (TPSA) is 101 Å². The van der Waals surface area contributed by atoms with Crippen LogP contribution in [0.4, 0.5) is 5.69 Å². The van der Waals surface area contributed by atoms with Gasteiger partial charge < -0.3 is 10.0 Å². The molecule has 1 unspecified atom stereocenters. The molecule has 0 fully saturated rings. The van der Waals surface area contributed by atoms with Crippen LogP contribution in [-0.4, -0.2) is 39.9 Å². The first-order valence-corrected chi connectivity index (χ1v) is 6.06. The smallest absolute Gasteiger partial charge is 0.326 e. The molecule has 1 aromatic carbocycles. The van der Waals surface area contributed by atoms with E-state index in [9.17, 15) is 19.7 Å². The normalized spacial score (nSPS) is 11.8. The summed E-state index contributed by atoms with van der Waals surface area (Å²) in [6.07, 6.45) is 0.478. The van der Waals surface area contributed by atoms with Gasteiger partial charge in [0.2, 0.25) is 0 Å². The molecule has 0 aromatic heterocycles. The predicted molar refractivity (Wildman–Crippen MR) is 71.7 cm³/mol. The largest absolute Gasteiger partial charge is 0.480 e. The Balaban J connectivity index is 3.14. The third-order valence-corrected chi connectivity index (χ3v) is 3.17. The van der Waals surface area contributed by atoms with Gasteiger partial charge in [0.25, 0.3) is 11.6 Å². The number of likely N-dealkylation sites (N-methyl/N-ethyl adjacent to an activating group) is 1. The van der Waals surface area contributed by atoms with Crippen LogP contribution < -0.4 is 0 Å². The molecule has 0 saturated heterocycles. The van der Waals surface area contributed by atoms with Crippen LogP contribution in [0.15, 0.2) is 18.2 Å². The van der Waals surface area contributed by atoms with E-state index in [1.807, 2.05) is 0 Å². The highest BCUT2D eigenvalue weighted by Crippen LogP contribution is 2.22. The molecule has 0 spiro atoms. The van der Waals surface area contributed by atoms with E-state index in [0.717, 1.165) is 4.90 Å². The fourth-order valence-corrected chi connectivity index (χ4v) is 1.71. The number of carboxylic acid groups (broad SMARTS) is 1. The van der Waals surface area contributed by atoms with E-state index in [4.69, 9.17) is 5.11 Å². The molecular formula is C13H16N2O5. The Morgan fingerprint density at radius 2 is 2.05 bits per heavy atom. The molecule has 0 bridgehead atoms. The quantitative estimate of drug-likeness (QED) is 0.653. The number of aryl methyl sites for hydroxylation is 1. The average molecular weight is 280 g/mol. The lowest BCUT2D eigenvalue weighted by atomic mass is 10.1. The van der Waals surface area contributed by atoms with Crippen molar-refractivity contribution in [2.24, 2.45) is 0 Å². The fourth-order valence-electron chi connectivity index (χ4n) is 1.71. The number of nitro groups is 1. The molecule has 7 nitrogen and oxygen atoms in total. The number of nitrogens with zero attached hydrogens (tertiary/aromatic N) is 2. The molecule has 0 aliphatic rings. The Morgan fingerprint density at radius 1 is 1.45 bits per heavy atom. The van der Waals surface area contributed by atoms with Gasteiger partial charge in [0.15, 0.2) is 0 Å². The summed E-state index contributed by atoms with van der Waals surface area (Å²) in [7, 11) is 1.35. The van der Waals surface area contributed by atoms with Gasteiger partial charge in [-0.25, -0.2) is 4.79 Å². The van der Waals surface area contributed by atoms with Gasteiger partial charge in [-0.2, -0.15) is 0 Å². The van der Waals surface area contributed by atoms with Crippen LogP contribution in [-0.2, 0) is 11.2 Å². The number of benzene rings is 1. The average Bonchev–Trinajstić information content (AvgIpc) is 2.43. The molecule has 0 heterocycles. The van der Waals surface area contributed by atoms with Gasteiger partial charge in [0.1, 0.15) is 6.04 Å². The minimum absolute atomic E-state index is 0.101. The van der Waals surface area contributed by atoms with E-state index in [-0.39, 0.29) is 11.3 Å². The van der Waals surface area contributed by atoms with Crippen molar-refractivity contribution in [2.45, 2.75) is 26.3 Å². The van der Waals surface area contributed by atoms with E-state index in [0.29, 0.717) is 12.0 Å². The lowest BCUT2D eigenvalue weighted by Gasteiger charge is -2.21. The summed E-state index contributed by atoms with van der Waals surface area (Å²) in [5, 5.41) is 19.8. The highest BCUT2D eigenvalue weighted by molar-refractivity contribution is 5.97. The Hall–Kier alpha value is -2.44. The van der Waals surface area contributed by atoms with E-state index in [1.54, 1.807) is 6.92 Å². The predicted octanol–water partition coefficient (Wildman–Crippen LogP) is 1.70. The lowest BCUT2D eigenvalue weighted by molar-refractivity contribution is -0.385. The second-order valence-corrected chi connectivity index (χ2v) is 4.38. The molecule has 1 amide bonds. The number of carboxylic acids is 1. The summed E-state index contributed by atoms with van der Waals surface area (Å²) in [5.74, 6) is -1.70. The molecule has 108 valence electrons. The van der Waals surface area contributed by atoms with E-state index in [1.165, 1.54) is 32.2 Å². The second-order valence-electron chi connectivity index (χ2n) is 4.38. The molecule has 0 saturated carbocycles. The van der Waals surface area contributed by atoms with Crippen molar-refractivity contribution in [3.05, 3.63) is 39.4 Å². The maximum atomic E-state index is 12.1. The molecular weight excluding hydrogens is 264 g/mol. The van der Waals surface area contributed by atoms with Crippen molar-refractivity contribution in [2.75, 3.05) is 7.05 Å². The molecule has 0 aliphatic carbocycles. The number of hydrogen-bond donors (Lipinski definition) is 1. The fraction of sp³-hybridized carbons (Fsp3) is 0.385. The minimum atomic E-state index is -1.14. The van der Waals surface area contributed by atoms with Crippen molar-refractivity contribution < 1.29 is 19.6 Å². The van der Waals surface area contributed by atoms with Crippen molar-refractivity contribution in [1.29, 1.82) is 0 Å². The molecule has 1 aromatic rings. The van der Waals surface area contributed by atoms with Crippen molar-refractivity contribution >= 4 is 17.6 Å². The second kappa shape index (κ2) is 6.14. The van der Waals surface area contributed by atoms with Crippen LogP contribution in [0.5, 0.6) is 0 Å². The van der Waals surface area contributed by atoms with E-state index in [2.05, 4.69) is 0 Å². The highest BCUT2D eigenvalue weighted by atomic mass is 16.6. The van der Waals surface area contributed by atoms with Crippen molar-refractivity contribution in [3.8, 4) is 0 Å². The maximum Gasteiger partial charge on any atom is 0.326 e. The number of carbonyl (C=O) groups excluding carboxylic acids is 1. The van der Waals surface area contributed by atoms with Gasteiger partial charge in [-0.15, -0.1) is 0 Å². The molecule has 1 N–H and O–H groups in total. The number of amides is 1. The van der Waals surface area contributed by atoms with Gasteiger partial charge in [-0.05, 0) is 19.4 Å². The molecule has 7 heteroatoms. The number of carbonyl (C=O) groups is 2. The number of nitro benzene ring substituents is 1. The van der Waals surface area contributed by atoms with Crippen LogP contribution in [0, 0.1) is 10.1 Å². The van der Waals surface area contributed by atoms with E-state index >= 15 is 0 Å². The zero-order valence-corrected chi connectivity index (χ0v) is 11.5. The Bertz CT molecular complexity index is 556. The highest BCUT2D eigenvalue weighted by Gasteiger charge is 2.24. The number of rotatable bonds is 5. The summed E-state index contributed by atoms with van der Waals surface area (Å²) in [6.45, 7) is 3.15. The summed E-state index contributed by atoms with van der Waals surface area (Å²) in [4.78, 5) is 34.4. The molecule has 0 radical (unpaired) electrons. The van der Waals surface area contributed by atoms with Crippen molar-refractivity contribution in [3.63, 3.8) is 0 Å². The van der Waals surface area contributed by atoms with Gasteiger partial charge in [0.05, 0.1) is 4.92 Å². The van der Waals surface area contributed by atoms with Crippen LogP contribution in [0.25, 0.3) is 0 Å². The molecule has 1 atom stereocenters. The summed E-state index contributed by atoms with van der Waals surface area (Å²) in [5.41, 5.74) is 0.500. The maximum absolute atomic E-state index is 12.1. The molecule has 20 heavy (non-hydrogen) atoms. The zero-order chi connectivity index (χ0) is 15.4. The van der Waals surface area contributed by atoms with Gasteiger partial charge in [-0.3, -0.25) is 14.9 Å². The van der Waals surface area contributed by atoms with Crippen LogP contribution in [0.3, 0.4) is 0 Å². The molecule has 1 rings (SSSR count). The SMILES string of the molecule is CCc1ccc(C(=O)N(C)C(C)C(=O)O)cc1[N+](=O)[O-]. The Kier molecular flexibility index (Phi) is 4.79. The first kappa shape index (κ1) is 15.6. The van der Waals surface area contributed by atoms with Crippen molar-refractivity contribution in [1.82, 2.24) is 4.90 Å².